The molecule has 4 aromatic rings. The molecule has 0 bridgehead atoms. The van der Waals surface area contributed by atoms with E-state index >= 15 is 0 Å². The van der Waals surface area contributed by atoms with Crippen LogP contribution < -0.4 is 10.2 Å². The third-order valence-corrected chi connectivity index (χ3v) is 8.53. The Hall–Kier alpha value is -4.84. The molecule has 0 unspecified atom stereocenters. The molecule has 196 valence electrons. The van der Waals surface area contributed by atoms with Crippen LogP contribution in [0.25, 0.3) is 6.08 Å². The molecule has 0 aliphatic carbocycles. The number of Topliss-reactive ketones (excluding diaryl/α,β-unsaturated/α-hetero) is 2. The molecule has 1 fully saturated rings. The monoisotopic (exact) mass is 528 g/mol. The molecule has 40 heavy (non-hydrogen) atoms. The summed E-state index contributed by atoms with van der Waals surface area (Å²) in [6.45, 7) is 1.98. The van der Waals surface area contributed by atoms with Gasteiger partial charge in [-0.3, -0.25) is 14.4 Å². The Morgan fingerprint density at radius 1 is 0.850 bits per heavy atom. The highest BCUT2D eigenvalue weighted by molar-refractivity contribution is 6.18. The molecule has 6 heteroatoms. The molecule has 7 rings (SSSR count). The molecule has 3 heterocycles. The molecule has 1 N–H and O–H groups in total. The Balaban J connectivity index is 1.55. The van der Waals surface area contributed by atoms with Gasteiger partial charge in [-0.15, -0.1) is 0 Å². The fourth-order valence-electron chi connectivity index (χ4n) is 6.84. The SMILES string of the molecule is Cc1ccc2c(c1)N1[C@H](C(=O)c3ccccc3)[C@H](C(=O)c3ccc(F)cc3)[C@@]3(C(=O)Nc4ccccc43)[C@H]1C=C2. The minimum atomic E-state index is -1.39. The smallest absolute Gasteiger partial charge is 0.238 e. The number of anilines is 2. The predicted octanol–water partition coefficient (Wildman–Crippen LogP) is 5.99. The average Bonchev–Trinajstić information content (AvgIpc) is 3.45. The highest BCUT2D eigenvalue weighted by atomic mass is 19.1. The first-order valence-corrected chi connectivity index (χ1v) is 13.3. The number of para-hydroxylation sites is 1. The van der Waals surface area contributed by atoms with Gasteiger partial charge in [0.05, 0.1) is 12.0 Å². The van der Waals surface area contributed by atoms with Gasteiger partial charge in [0.25, 0.3) is 0 Å². The number of carbonyl (C=O) groups is 3. The third kappa shape index (κ3) is 3.29. The fraction of sp³-hybridized carbons (Fsp3) is 0.147. The maximum absolute atomic E-state index is 14.6. The van der Waals surface area contributed by atoms with Gasteiger partial charge in [-0.2, -0.15) is 0 Å². The van der Waals surface area contributed by atoms with Crippen LogP contribution in [-0.2, 0) is 10.2 Å². The van der Waals surface area contributed by atoms with Crippen molar-refractivity contribution < 1.29 is 18.8 Å². The number of halogens is 1. The van der Waals surface area contributed by atoms with E-state index in [2.05, 4.69) is 5.32 Å². The number of amides is 1. The standard InChI is InChI=1S/C34H25FN2O3/c1-20-11-12-21-15-18-28-34(25-9-5-6-10-26(25)36-33(34)40)29(31(38)23-13-16-24(35)17-14-23)30(37(28)27(21)19-20)32(39)22-7-3-2-4-8-22/h2-19,28-30H,1H3,(H,36,40)/t28-,29-,30+,34+/m1/s1. The first-order chi connectivity index (χ1) is 19.4. The lowest BCUT2D eigenvalue weighted by atomic mass is 9.64. The van der Waals surface area contributed by atoms with Crippen LogP contribution in [0.1, 0.15) is 37.4 Å². The lowest BCUT2D eigenvalue weighted by Crippen LogP contribution is -2.51. The van der Waals surface area contributed by atoms with Crippen molar-refractivity contribution in [2.45, 2.75) is 24.4 Å². The van der Waals surface area contributed by atoms with Crippen molar-refractivity contribution in [3.8, 4) is 0 Å². The number of rotatable bonds is 4. The molecule has 1 spiro atoms. The predicted molar refractivity (Wildman–Crippen MR) is 152 cm³/mol. The van der Waals surface area contributed by atoms with Gasteiger partial charge in [-0.05, 0) is 60.0 Å². The highest BCUT2D eigenvalue weighted by Crippen LogP contribution is 2.58. The van der Waals surface area contributed by atoms with Crippen LogP contribution in [0.4, 0.5) is 15.8 Å². The minimum Gasteiger partial charge on any atom is -0.352 e. The molecule has 1 saturated heterocycles. The largest absolute Gasteiger partial charge is 0.352 e. The van der Waals surface area contributed by atoms with Crippen molar-refractivity contribution >= 4 is 34.9 Å². The molecular formula is C34H25FN2O3. The lowest BCUT2D eigenvalue weighted by molar-refractivity contribution is -0.121. The second kappa shape index (κ2) is 8.85. The lowest BCUT2D eigenvalue weighted by Gasteiger charge is -2.37. The molecular weight excluding hydrogens is 503 g/mol. The maximum Gasteiger partial charge on any atom is 0.238 e. The van der Waals surface area contributed by atoms with E-state index in [1.807, 2.05) is 72.5 Å². The third-order valence-electron chi connectivity index (χ3n) is 8.53. The van der Waals surface area contributed by atoms with Crippen LogP contribution in [0.15, 0.2) is 103 Å². The van der Waals surface area contributed by atoms with Crippen LogP contribution in [-0.4, -0.2) is 29.6 Å². The molecule has 0 radical (unpaired) electrons. The molecule has 0 aromatic heterocycles. The number of nitrogens with one attached hydrogen (secondary N) is 1. The number of ketones is 2. The van der Waals surface area contributed by atoms with Crippen molar-refractivity contribution in [3.63, 3.8) is 0 Å². The summed E-state index contributed by atoms with van der Waals surface area (Å²) in [5.41, 5.74) is 3.32. The van der Waals surface area contributed by atoms with Gasteiger partial charge in [0.2, 0.25) is 5.91 Å². The molecule has 3 aliphatic heterocycles. The molecule has 4 atom stereocenters. The fourth-order valence-corrected chi connectivity index (χ4v) is 6.84. The van der Waals surface area contributed by atoms with E-state index in [0.29, 0.717) is 16.8 Å². The highest BCUT2D eigenvalue weighted by Gasteiger charge is 2.70. The first-order valence-electron chi connectivity index (χ1n) is 13.3. The second-order valence-electron chi connectivity index (χ2n) is 10.7. The van der Waals surface area contributed by atoms with Crippen molar-refractivity contribution in [2.24, 2.45) is 5.92 Å². The summed E-state index contributed by atoms with van der Waals surface area (Å²) >= 11 is 0. The summed E-state index contributed by atoms with van der Waals surface area (Å²) in [5.74, 6) is -2.51. The number of hydrogen-bond acceptors (Lipinski definition) is 4. The van der Waals surface area contributed by atoms with Crippen molar-refractivity contribution in [3.05, 3.63) is 137 Å². The summed E-state index contributed by atoms with van der Waals surface area (Å²) in [6, 6.07) is 26.0. The Morgan fingerprint density at radius 2 is 1.55 bits per heavy atom. The summed E-state index contributed by atoms with van der Waals surface area (Å²) in [5, 5.41) is 3.02. The van der Waals surface area contributed by atoms with E-state index in [1.165, 1.54) is 24.3 Å². The van der Waals surface area contributed by atoms with Gasteiger partial charge in [0.15, 0.2) is 11.6 Å². The summed E-state index contributed by atoms with van der Waals surface area (Å²) in [7, 11) is 0. The zero-order valence-electron chi connectivity index (χ0n) is 21.7. The zero-order valence-corrected chi connectivity index (χ0v) is 21.7. The molecule has 3 aliphatic rings. The topological polar surface area (TPSA) is 66.5 Å². The summed E-state index contributed by atoms with van der Waals surface area (Å²) in [4.78, 5) is 45.5. The van der Waals surface area contributed by atoms with E-state index in [0.717, 1.165) is 16.8 Å². The van der Waals surface area contributed by atoms with E-state index in [9.17, 15) is 18.8 Å². The number of fused-ring (bicyclic) bond motifs is 6. The van der Waals surface area contributed by atoms with Gasteiger partial charge < -0.3 is 10.2 Å². The number of hydrogen-bond donors (Lipinski definition) is 1. The maximum atomic E-state index is 14.6. The van der Waals surface area contributed by atoms with Gasteiger partial charge in [-0.25, -0.2) is 4.39 Å². The summed E-state index contributed by atoms with van der Waals surface area (Å²) in [6.07, 6.45) is 3.92. The van der Waals surface area contributed by atoms with Crippen LogP contribution in [0, 0.1) is 18.7 Å². The van der Waals surface area contributed by atoms with E-state index in [4.69, 9.17) is 0 Å². The molecule has 1 amide bonds. The van der Waals surface area contributed by atoms with Crippen molar-refractivity contribution in [2.75, 3.05) is 10.2 Å². The van der Waals surface area contributed by atoms with Crippen molar-refractivity contribution in [1.82, 2.24) is 0 Å². The van der Waals surface area contributed by atoms with E-state index in [-0.39, 0.29) is 23.0 Å². The number of benzene rings is 4. The van der Waals surface area contributed by atoms with Crippen LogP contribution >= 0.6 is 0 Å². The van der Waals surface area contributed by atoms with Gasteiger partial charge in [0, 0.05) is 22.5 Å². The van der Waals surface area contributed by atoms with Gasteiger partial charge in [0.1, 0.15) is 17.3 Å². The minimum absolute atomic E-state index is 0.247. The molecule has 4 aromatic carbocycles. The molecule has 5 nitrogen and oxygen atoms in total. The van der Waals surface area contributed by atoms with Crippen LogP contribution in [0.2, 0.25) is 0 Å². The average molecular weight is 529 g/mol. The number of nitrogens with zero attached hydrogens (tertiary/aromatic N) is 1. The van der Waals surface area contributed by atoms with Gasteiger partial charge >= 0.3 is 0 Å². The normalized spacial score (nSPS) is 23.9. The summed E-state index contributed by atoms with van der Waals surface area (Å²) < 4.78 is 13.9. The number of carbonyl (C=O) groups excluding carboxylic acids is 3. The van der Waals surface area contributed by atoms with Crippen LogP contribution in [0.5, 0.6) is 0 Å². The molecule has 0 saturated carbocycles. The van der Waals surface area contributed by atoms with Gasteiger partial charge in [-0.1, -0.05) is 72.8 Å². The second-order valence-corrected chi connectivity index (χ2v) is 10.7. The number of aryl methyl sites for hydroxylation is 1. The van der Waals surface area contributed by atoms with E-state index in [1.54, 1.807) is 24.3 Å². The van der Waals surface area contributed by atoms with E-state index < -0.39 is 29.2 Å². The quantitative estimate of drug-likeness (QED) is 0.331. The Labute approximate surface area is 231 Å². The van der Waals surface area contributed by atoms with Crippen molar-refractivity contribution in [1.29, 1.82) is 0 Å². The zero-order chi connectivity index (χ0) is 27.6. The Morgan fingerprint density at radius 3 is 2.33 bits per heavy atom. The Bertz CT molecular complexity index is 1730. The first kappa shape index (κ1) is 24.2. The van der Waals surface area contributed by atoms with Crippen LogP contribution in [0.3, 0.4) is 0 Å². The Kier molecular flexibility index (Phi) is 5.36.